The van der Waals surface area contributed by atoms with Crippen molar-refractivity contribution in [1.29, 1.82) is 0 Å². The largest absolute Gasteiger partial charge is 0.325 e. The van der Waals surface area contributed by atoms with Crippen molar-refractivity contribution in [2.45, 2.75) is 26.8 Å². The maximum absolute atomic E-state index is 13.2. The van der Waals surface area contributed by atoms with Gasteiger partial charge in [-0.15, -0.1) is 11.3 Å². The lowest BCUT2D eigenvalue weighted by molar-refractivity contribution is -0.116. The molecule has 2 heterocycles. The van der Waals surface area contributed by atoms with Crippen LogP contribution in [-0.4, -0.2) is 21.4 Å². The fourth-order valence-corrected chi connectivity index (χ4v) is 4.50. The predicted molar refractivity (Wildman–Crippen MR) is 133 cm³/mol. The highest BCUT2D eigenvalue weighted by Crippen LogP contribution is 2.31. The van der Waals surface area contributed by atoms with E-state index in [2.05, 4.69) is 15.6 Å². The van der Waals surface area contributed by atoms with E-state index in [4.69, 9.17) is 11.6 Å². The average Bonchev–Trinajstić information content (AvgIpc) is 3.20. The van der Waals surface area contributed by atoms with Gasteiger partial charge in [0.2, 0.25) is 11.8 Å². The van der Waals surface area contributed by atoms with E-state index in [1.165, 1.54) is 29.2 Å². The molecule has 0 unspecified atom stereocenters. The fourth-order valence-electron chi connectivity index (χ4n) is 3.43. The van der Waals surface area contributed by atoms with E-state index in [1.54, 1.807) is 18.2 Å². The minimum absolute atomic E-state index is 0.0448. The zero-order valence-electron chi connectivity index (χ0n) is 18.0. The molecular weight excluding hydrogens is 460 g/mol. The molecule has 0 saturated heterocycles. The number of aryl methyl sites for hydroxylation is 2. The Kier molecular flexibility index (Phi) is 6.57. The fraction of sp³-hybridized carbons (Fsp3) is 0.167. The van der Waals surface area contributed by atoms with E-state index in [-0.39, 0.29) is 30.3 Å². The van der Waals surface area contributed by atoms with E-state index in [0.29, 0.717) is 26.6 Å². The number of nitrogens with zero attached hydrogens (tertiary/aromatic N) is 2. The van der Waals surface area contributed by atoms with Gasteiger partial charge in [0, 0.05) is 35.9 Å². The summed E-state index contributed by atoms with van der Waals surface area (Å²) in [6.45, 7) is 3.55. The number of hydrogen-bond acceptors (Lipinski definition) is 5. The number of aromatic nitrogens is 2. The third-order valence-corrected chi connectivity index (χ3v) is 6.19. The van der Waals surface area contributed by atoms with Crippen LogP contribution >= 0.6 is 22.9 Å². The third-order valence-electron chi connectivity index (χ3n) is 5.07. The Labute approximate surface area is 199 Å². The Morgan fingerprint density at radius 1 is 1.09 bits per heavy atom. The highest BCUT2D eigenvalue weighted by Gasteiger charge is 2.15. The average molecular weight is 481 g/mol. The van der Waals surface area contributed by atoms with Gasteiger partial charge in [0.1, 0.15) is 4.83 Å². The molecule has 2 amide bonds. The lowest BCUT2D eigenvalue weighted by Crippen LogP contribution is -2.23. The Bertz CT molecular complexity index is 1410. The smallest absolute Gasteiger partial charge is 0.262 e. The van der Waals surface area contributed by atoms with E-state index < -0.39 is 0 Å². The molecule has 2 aromatic carbocycles. The first-order valence-electron chi connectivity index (χ1n) is 10.2. The highest BCUT2D eigenvalue weighted by molar-refractivity contribution is 7.17. The first kappa shape index (κ1) is 22.7. The summed E-state index contributed by atoms with van der Waals surface area (Å²) in [6.07, 6.45) is 1.51. The first-order valence-corrected chi connectivity index (χ1v) is 11.5. The van der Waals surface area contributed by atoms with Crippen molar-refractivity contribution >= 4 is 56.3 Å². The van der Waals surface area contributed by atoms with Gasteiger partial charge in [-0.05, 0) is 30.7 Å². The van der Waals surface area contributed by atoms with Crippen LogP contribution in [0.3, 0.4) is 0 Å². The summed E-state index contributed by atoms with van der Waals surface area (Å²) >= 11 is 7.45. The van der Waals surface area contributed by atoms with Gasteiger partial charge in [0.25, 0.3) is 5.56 Å². The number of halogens is 1. The summed E-state index contributed by atoms with van der Waals surface area (Å²) in [5, 5.41) is 8.31. The molecule has 0 saturated carbocycles. The van der Waals surface area contributed by atoms with Crippen molar-refractivity contribution in [2.75, 3.05) is 10.6 Å². The van der Waals surface area contributed by atoms with Gasteiger partial charge in [0.05, 0.1) is 23.1 Å². The van der Waals surface area contributed by atoms with Gasteiger partial charge in [-0.25, -0.2) is 4.98 Å². The number of nitrogens with one attached hydrogen (secondary N) is 2. The van der Waals surface area contributed by atoms with Crippen molar-refractivity contribution < 1.29 is 9.59 Å². The zero-order chi connectivity index (χ0) is 23.5. The van der Waals surface area contributed by atoms with E-state index in [9.17, 15) is 14.4 Å². The van der Waals surface area contributed by atoms with Crippen molar-refractivity contribution in [3.05, 3.63) is 75.1 Å². The number of amides is 2. The summed E-state index contributed by atoms with van der Waals surface area (Å²) in [5.74, 6) is -0.584. The SMILES string of the molecule is CC(=O)Nc1ccc(Cl)cc1NC(=O)CCn1cnc2scc(-c3ccc(C)cc3)c2c1=O. The lowest BCUT2D eigenvalue weighted by Gasteiger charge is -2.12. The number of benzene rings is 2. The van der Waals surface area contributed by atoms with E-state index >= 15 is 0 Å². The molecule has 168 valence electrons. The molecule has 0 aliphatic heterocycles. The van der Waals surface area contributed by atoms with Crippen molar-refractivity contribution in [1.82, 2.24) is 9.55 Å². The van der Waals surface area contributed by atoms with Crippen molar-refractivity contribution in [3.8, 4) is 11.1 Å². The van der Waals surface area contributed by atoms with Gasteiger partial charge in [-0.1, -0.05) is 41.4 Å². The summed E-state index contributed by atoms with van der Waals surface area (Å²) in [6, 6.07) is 12.8. The number of carbonyl (C=O) groups is 2. The van der Waals surface area contributed by atoms with E-state index in [0.717, 1.165) is 16.7 Å². The van der Waals surface area contributed by atoms with Crippen LogP contribution < -0.4 is 16.2 Å². The van der Waals surface area contributed by atoms with Crippen LogP contribution in [0.1, 0.15) is 18.9 Å². The number of anilines is 2. The number of hydrogen-bond donors (Lipinski definition) is 2. The third kappa shape index (κ3) is 5.13. The second kappa shape index (κ2) is 9.56. The molecule has 0 spiro atoms. The first-order chi connectivity index (χ1) is 15.8. The molecule has 0 bridgehead atoms. The predicted octanol–water partition coefficient (Wildman–Crippen LogP) is 5.07. The molecule has 4 rings (SSSR count). The molecule has 4 aromatic rings. The summed E-state index contributed by atoms with van der Waals surface area (Å²) < 4.78 is 1.44. The molecule has 9 heteroatoms. The van der Waals surface area contributed by atoms with Crippen LogP contribution in [0.4, 0.5) is 11.4 Å². The molecule has 0 aliphatic rings. The second-order valence-electron chi connectivity index (χ2n) is 7.61. The molecule has 0 atom stereocenters. The Balaban J connectivity index is 1.54. The molecular formula is C24H21ClN4O3S. The maximum atomic E-state index is 13.2. The molecule has 7 nitrogen and oxygen atoms in total. The van der Waals surface area contributed by atoms with Gasteiger partial charge in [0.15, 0.2) is 0 Å². The standard InChI is InChI=1S/C24H21ClN4O3S/c1-14-3-5-16(6-4-14)18-12-33-23-22(18)24(32)29(13-26-23)10-9-21(31)28-20-11-17(25)7-8-19(20)27-15(2)30/h3-8,11-13H,9-10H2,1-2H3,(H,27,30)(H,28,31). The zero-order valence-corrected chi connectivity index (χ0v) is 19.6. The molecule has 33 heavy (non-hydrogen) atoms. The monoisotopic (exact) mass is 480 g/mol. The number of fused-ring (bicyclic) bond motifs is 1. The molecule has 0 aliphatic carbocycles. The minimum atomic E-state index is -0.319. The molecule has 0 fully saturated rings. The molecule has 2 N–H and O–H groups in total. The van der Waals surface area contributed by atoms with Crippen LogP contribution in [0.15, 0.2) is 59.0 Å². The number of rotatable bonds is 6. The van der Waals surface area contributed by atoms with Crippen LogP contribution in [0.5, 0.6) is 0 Å². The van der Waals surface area contributed by atoms with Crippen molar-refractivity contribution in [3.63, 3.8) is 0 Å². The maximum Gasteiger partial charge on any atom is 0.262 e. The second-order valence-corrected chi connectivity index (χ2v) is 8.90. The normalized spacial score (nSPS) is 10.9. The van der Waals surface area contributed by atoms with Crippen LogP contribution in [0.25, 0.3) is 21.3 Å². The Morgan fingerprint density at radius 2 is 1.85 bits per heavy atom. The highest BCUT2D eigenvalue weighted by atomic mass is 35.5. The Hall–Kier alpha value is -3.49. The van der Waals surface area contributed by atoms with Crippen LogP contribution in [-0.2, 0) is 16.1 Å². The van der Waals surface area contributed by atoms with Crippen molar-refractivity contribution in [2.24, 2.45) is 0 Å². The van der Waals surface area contributed by atoms with Gasteiger partial charge in [-0.2, -0.15) is 0 Å². The Morgan fingerprint density at radius 3 is 2.58 bits per heavy atom. The van der Waals surface area contributed by atoms with Gasteiger partial charge in [-0.3, -0.25) is 19.0 Å². The van der Waals surface area contributed by atoms with E-state index in [1.807, 2.05) is 36.6 Å². The minimum Gasteiger partial charge on any atom is -0.325 e. The molecule has 2 aromatic heterocycles. The number of thiophene rings is 1. The summed E-state index contributed by atoms with van der Waals surface area (Å²) in [4.78, 5) is 42.2. The summed E-state index contributed by atoms with van der Waals surface area (Å²) in [7, 11) is 0. The topological polar surface area (TPSA) is 93.1 Å². The lowest BCUT2D eigenvalue weighted by atomic mass is 10.1. The quantitative estimate of drug-likeness (QED) is 0.402. The van der Waals surface area contributed by atoms with Gasteiger partial charge < -0.3 is 10.6 Å². The van der Waals surface area contributed by atoms with Crippen LogP contribution in [0, 0.1) is 6.92 Å². The summed E-state index contributed by atoms with van der Waals surface area (Å²) in [5.41, 5.74) is 3.58. The molecule has 0 radical (unpaired) electrons. The number of carbonyl (C=O) groups excluding carboxylic acids is 2. The van der Waals surface area contributed by atoms with Crippen LogP contribution in [0.2, 0.25) is 5.02 Å². The van der Waals surface area contributed by atoms with Gasteiger partial charge >= 0.3 is 0 Å².